The van der Waals surface area contributed by atoms with Crippen LogP contribution in [0.25, 0.3) is 10.9 Å². The molecule has 1 aromatic carbocycles. The third-order valence-corrected chi connectivity index (χ3v) is 3.00. The lowest BCUT2D eigenvalue weighted by Gasteiger charge is -2.07. The fraction of sp³-hybridized carbons (Fsp3) is 0.154. The molecule has 0 aliphatic heterocycles. The minimum Gasteiger partial charge on any atom is -0.379 e. The number of nitrogens with zero attached hydrogens (tertiary/aromatic N) is 4. The molecular formula is C13H11N5O3. The first-order chi connectivity index (χ1) is 10.3. The van der Waals surface area contributed by atoms with Gasteiger partial charge in [0.05, 0.1) is 15.8 Å². The van der Waals surface area contributed by atoms with Crippen LogP contribution in [-0.2, 0) is 6.42 Å². The Morgan fingerprint density at radius 1 is 1.29 bits per heavy atom. The van der Waals surface area contributed by atoms with Gasteiger partial charge in [0, 0.05) is 19.2 Å². The summed E-state index contributed by atoms with van der Waals surface area (Å²) in [5, 5.41) is 18.4. The first-order valence-electron chi connectivity index (χ1n) is 6.27. The van der Waals surface area contributed by atoms with Crippen molar-refractivity contribution >= 4 is 22.3 Å². The molecule has 0 bridgehead atoms. The summed E-state index contributed by atoms with van der Waals surface area (Å²) < 4.78 is 4.87. The standard InChI is InChI=1S/C13H11N5O3/c19-18(20)13-9-2-1-6-14-10(9)3-4-11(13)15-7-5-12-16-8-17-21-12/h1-4,6,8,15H,5,7H2. The maximum absolute atomic E-state index is 11.3. The molecule has 0 radical (unpaired) electrons. The van der Waals surface area contributed by atoms with Crippen molar-refractivity contribution in [3.63, 3.8) is 0 Å². The molecule has 8 nitrogen and oxygen atoms in total. The molecular weight excluding hydrogens is 274 g/mol. The highest BCUT2D eigenvalue weighted by molar-refractivity contribution is 5.94. The summed E-state index contributed by atoms with van der Waals surface area (Å²) in [4.78, 5) is 18.9. The third-order valence-electron chi connectivity index (χ3n) is 3.00. The van der Waals surface area contributed by atoms with E-state index >= 15 is 0 Å². The van der Waals surface area contributed by atoms with Crippen LogP contribution in [0.15, 0.2) is 41.3 Å². The zero-order valence-corrected chi connectivity index (χ0v) is 10.9. The Morgan fingerprint density at radius 2 is 2.19 bits per heavy atom. The normalized spacial score (nSPS) is 10.7. The number of nitro groups is 1. The van der Waals surface area contributed by atoms with Crippen molar-refractivity contribution in [2.24, 2.45) is 0 Å². The van der Waals surface area contributed by atoms with Gasteiger partial charge in [0.25, 0.3) is 0 Å². The summed E-state index contributed by atoms with van der Waals surface area (Å²) in [6, 6.07) is 6.76. The zero-order valence-electron chi connectivity index (χ0n) is 10.9. The smallest absolute Gasteiger partial charge is 0.301 e. The molecule has 106 valence electrons. The van der Waals surface area contributed by atoms with Crippen molar-refractivity contribution < 1.29 is 9.45 Å². The van der Waals surface area contributed by atoms with Gasteiger partial charge in [-0.15, -0.1) is 0 Å². The Labute approximate surface area is 119 Å². The number of aromatic nitrogens is 3. The minimum atomic E-state index is -0.404. The van der Waals surface area contributed by atoms with E-state index in [9.17, 15) is 10.1 Å². The van der Waals surface area contributed by atoms with E-state index in [2.05, 4.69) is 20.4 Å². The molecule has 0 saturated carbocycles. The van der Waals surface area contributed by atoms with E-state index in [-0.39, 0.29) is 5.69 Å². The maximum atomic E-state index is 11.3. The first-order valence-corrected chi connectivity index (χ1v) is 6.27. The molecule has 0 fully saturated rings. The van der Waals surface area contributed by atoms with Gasteiger partial charge in [0.15, 0.2) is 6.33 Å². The highest BCUT2D eigenvalue weighted by atomic mass is 16.6. The van der Waals surface area contributed by atoms with Crippen LogP contribution in [0.1, 0.15) is 5.89 Å². The first kappa shape index (κ1) is 13.0. The number of nitro benzene ring substituents is 1. The van der Waals surface area contributed by atoms with Gasteiger partial charge in [-0.05, 0) is 24.3 Å². The van der Waals surface area contributed by atoms with Crippen LogP contribution in [0.3, 0.4) is 0 Å². The molecule has 2 heterocycles. The van der Waals surface area contributed by atoms with Gasteiger partial charge in [-0.3, -0.25) is 15.1 Å². The Balaban J connectivity index is 1.87. The molecule has 3 rings (SSSR count). The largest absolute Gasteiger partial charge is 0.379 e. The van der Waals surface area contributed by atoms with E-state index < -0.39 is 4.92 Å². The number of benzene rings is 1. The molecule has 0 atom stereocenters. The third kappa shape index (κ3) is 2.64. The molecule has 3 aromatic rings. The summed E-state index contributed by atoms with van der Waals surface area (Å²) in [6.07, 6.45) is 3.41. The van der Waals surface area contributed by atoms with Crippen molar-refractivity contribution in [3.8, 4) is 0 Å². The van der Waals surface area contributed by atoms with E-state index in [1.54, 1.807) is 30.5 Å². The number of pyridine rings is 1. The lowest BCUT2D eigenvalue weighted by atomic mass is 10.1. The lowest BCUT2D eigenvalue weighted by Crippen LogP contribution is -2.07. The predicted molar refractivity (Wildman–Crippen MR) is 74.9 cm³/mol. The number of anilines is 1. The van der Waals surface area contributed by atoms with Crippen molar-refractivity contribution in [1.29, 1.82) is 0 Å². The summed E-state index contributed by atoms with van der Waals surface area (Å²) in [5.41, 5.74) is 1.05. The second-order valence-corrected chi connectivity index (χ2v) is 4.30. The van der Waals surface area contributed by atoms with Gasteiger partial charge in [-0.25, -0.2) is 0 Å². The van der Waals surface area contributed by atoms with Gasteiger partial charge >= 0.3 is 5.69 Å². The van der Waals surface area contributed by atoms with E-state index in [0.29, 0.717) is 35.4 Å². The molecule has 0 spiro atoms. The Kier molecular flexibility index (Phi) is 3.42. The Morgan fingerprint density at radius 3 is 2.95 bits per heavy atom. The lowest BCUT2D eigenvalue weighted by molar-refractivity contribution is -0.382. The monoisotopic (exact) mass is 285 g/mol. The summed E-state index contributed by atoms with van der Waals surface area (Å²) in [7, 11) is 0. The number of nitrogens with one attached hydrogen (secondary N) is 1. The van der Waals surface area contributed by atoms with Crippen LogP contribution in [-0.4, -0.2) is 26.6 Å². The second kappa shape index (κ2) is 5.53. The van der Waals surface area contributed by atoms with E-state index in [1.165, 1.54) is 6.33 Å². The minimum absolute atomic E-state index is 0.0196. The molecule has 0 saturated heterocycles. The molecule has 0 aliphatic carbocycles. The van der Waals surface area contributed by atoms with Gasteiger partial charge in [-0.1, -0.05) is 5.16 Å². The molecule has 8 heteroatoms. The summed E-state index contributed by atoms with van der Waals surface area (Å²) in [5.74, 6) is 0.479. The van der Waals surface area contributed by atoms with Gasteiger partial charge in [0.2, 0.25) is 5.89 Å². The van der Waals surface area contributed by atoms with Crippen LogP contribution >= 0.6 is 0 Å². The number of rotatable bonds is 5. The zero-order chi connectivity index (χ0) is 14.7. The molecule has 2 aromatic heterocycles. The summed E-state index contributed by atoms with van der Waals surface area (Å²) >= 11 is 0. The van der Waals surface area contributed by atoms with Crippen LogP contribution in [0.5, 0.6) is 0 Å². The average Bonchev–Trinajstić information content (AvgIpc) is 3.00. The van der Waals surface area contributed by atoms with E-state index in [1.807, 2.05) is 0 Å². The van der Waals surface area contributed by atoms with E-state index in [4.69, 9.17) is 4.52 Å². The number of hydrogen-bond acceptors (Lipinski definition) is 7. The summed E-state index contributed by atoms with van der Waals surface area (Å²) in [6.45, 7) is 0.453. The molecule has 0 amide bonds. The van der Waals surface area contributed by atoms with Crippen LogP contribution in [0, 0.1) is 10.1 Å². The van der Waals surface area contributed by atoms with Crippen LogP contribution in [0.2, 0.25) is 0 Å². The van der Waals surface area contributed by atoms with Crippen LogP contribution < -0.4 is 5.32 Å². The van der Waals surface area contributed by atoms with Crippen LogP contribution in [0.4, 0.5) is 11.4 Å². The number of fused-ring (bicyclic) bond motifs is 1. The number of hydrogen-bond donors (Lipinski definition) is 1. The van der Waals surface area contributed by atoms with Crippen molar-refractivity contribution in [3.05, 3.63) is 52.8 Å². The molecule has 0 unspecified atom stereocenters. The molecule has 21 heavy (non-hydrogen) atoms. The van der Waals surface area contributed by atoms with Crippen molar-refractivity contribution in [2.45, 2.75) is 6.42 Å². The van der Waals surface area contributed by atoms with E-state index in [0.717, 1.165) is 0 Å². The van der Waals surface area contributed by atoms with Crippen molar-refractivity contribution in [1.82, 2.24) is 15.1 Å². The topological polar surface area (TPSA) is 107 Å². The van der Waals surface area contributed by atoms with Gasteiger partial charge < -0.3 is 9.84 Å². The van der Waals surface area contributed by atoms with Crippen molar-refractivity contribution in [2.75, 3.05) is 11.9 Å². The fourth-order valence-electron chi connectivity index (χ4n) is 2.09. The molecule has 0 aliphatic rings. The highest BCUT2D eigenvalue weighted by Gasteiger charge is 2.18. The Hall–Kier alpha value is -3.03. The maximum Gasteiger partial charge on any atom is 0.301 e. The van der Waals surface area contributed by atoms with Gasteiger partial charge in [0.1, 0.15) is 5.69 Å². The fourth-order valence-corrected chi connectivity index (χ4v) is 2.09. The SMILES string of the molecule is O=[N+]([O-])c1c(NCCc2ncno2)ccc2ncccc12. The van der Waals surface area contributed by atoms with Gasteiger partial charge in [-0.2, -0.15) is 4.98 Å². The second-order valence-electron chi connectivity index (χ2n) is 4.30. The quantitative estimate of drug-likeness (QED) is 0.565. The Bertz CT molecular complexity index is 773. The average molecular weight is 285 g/mol. The molecule has 1 N–H and O–H groups in total. The highest BCUT2D eigenvalue weighted by Crippen LogP contribution is 2.32. The predicted octanol–water partition coefficient (Wildman–Crippen LogP) is 2.18.